The van der Waals surface area contributed by atoms with Crippen LogP contribution in [0.1, 0.15) is 160 Å². The zero-order valence-corrected chi connectivity index (χ0v) is 43.6. The summed E-state index contributed by atoms with van der Waals surface area (Å²) in [6.45, 7) is 21.8. The van der Waals surface area contributed by atoms with E-state index >= 15 is 0 Å². The van der Waals surface area contributed by atoms with Gasteiger partial charge in [0.25, 0.3) is 5.09 Å². The smallest absolute Gasteiger partial charge is 0.311 e. The van der Waals surface area contributed by atoms with E-state index in [1.807, 2.05) is 39.8 Å². The van der Waals surface area contributed by atoms with Gasteiger partial charge in [-0.2, -0.15) is 0 Å². The molecular weight excluding hydrogens is 871 g/mol. The lowest BCUT2D eigenvalue weighted by Crippen LogP contribution is -2.61. The number of methoxy groups -OCH3 is 1. The number of aliphatic hydroxyl groups is 3. The molecule has 0 amide bonds. The number of nitrogens with zero attached hydrogens (tertiary/aromatic N) is 3. The fourth-order valence-electron chi connectivity index (χ4n) is 10.9. The lowest BCUT2D eigenvalue weighted by Gasteiger charge is -2.49. The monoisotopic (exact) mass is 962 g/mol. The number of unbranched alkanes of at least 4 members (excludes halogenated alkanes) is 7. The molecule has 0 aliphatic carbocycles. The number of aliphatic hydroxyl groups excluding tert-OH is 1. The predicted molar refractivity (Wildman–Crippen MR) is 251 cm³/mol. The van der Waals surface area contributed by atoms with Crippen LogP contribution in [0, 0.1) is 27.9 Å². The van der Waals surface area contributed by atoms with E-state index < -0.39 is 119 Å². The molecule has 0 spiro atoms. The Morgan fingerprint density at radius 3 is 2.10 bits per heavy atom. The minimum Gasteiger partial charge on any atom is -0.459 e. The Morgan fingerprint density at radius 2 is 1.54 bits per heavy atom. The molecule has 0 aromatic rings. The van der Waals surface area contributed by atoms with Crippen LogP contribution in [0.25, 0.3) is 0 Å². The first-order valence-electron chi connectivity index (χ1n) is 25.1. The predicted octanol–water partition coefficient (Wildman–Crippen LogP) is 6.20. The number of esters is 2. The molecule has 3 fully saturated rings. The Labute approximate surface area is 401 Å². The molecule has 18 nitrogen and oxygen atoms in total. The van der Waals surface area contributed by atoms with Crippen LogP contribution in [0.4, 0.5) is 0 Å². The molecule has 3 saturated heterocycles. The normalized spacial score (nSPS) is 40.9. The lowest BCUT2D eigenvalue weighted by atomic mass is 9.77. The van der Waals surface area contributed by atoms with Crippen molar-refractivity contribution in [2.75, 3.05) is 34.3 Å². The Morgan fingerprint density at radius 1 is 0.925 bits per heavy atom. The van der Waals surface area contributed by atoms with Crippen LogP contribution in [0.2, 0.25) is 0 Å². The first kappa shape index (κ1) is 59.1. The molecule has 392 valence electrons. The van der Waals surface area contributed by atoms with Crippen LogP contribution in [-0.2, 0) is 47.6 Å². The lowest BCUT2D eigenvalue weighted by molar-refractivity contribution is -0.775. The van der Waals surface area contributed by atoms with Gasteiger partial charge in [0.15, 0.2) is 18.7 Å². The van der Waals surface area contributed by atoms with Gasteiger partial charge in [0, 0.05) is 45.0 Å². The van der Waals surface area contributed by atoms with Crippen molar-refractivity contribution in [2.45, 2.75) is 250 Å². The van der Waals surface area contributed by atoms with Crippen molar-refractivity contribution in [3.05, 3.63) is 10.1 Å². The third kappa shape index (κ3) is 16.1. The molecule has 0 aromatic carbocycles. The summed E-state index contributed by atoms with van der Waals surface area (Å²) in [5.41, 5.74) is -4.68. The van der Waals surface area contributed by atoms with E-state index in [1.165, 1.54) is 53.1 Å². The Bertz CT molecular complexity index is 1520. The van der Waals surface area contributed by atoms with E-state index in [0.29, 0.717) is 19.5 Å². The Hall–Kier alpha value is -2.26. The van der Waals surface area contributed by atoms with Gasteiger partial charge < -0.3 is 58.2 Å². The highest BCUT2D eigenvalue weighted by atomic mass is 17.0. The number of hydrogen-bond acceptors (Lipinski definition) is 17. The number of rotatable bonds is 19. The molecule has 3 rings (SSSR count). The molecule has 0 saturated carbocycles. The number of carbonyl (C=O) groups excluding carboxylic acids is 2. The second-order valence-corrected chi connectivity index (χ2v) is 21.0. The van der Waals surface area contributed by atoms with Crippen molar-refractivity contribution in [3.63, 3.8) is 0 Å². The van der Waals surface area contributed by atoms with Gasteiger partial charge in [0.1, 0.15) is 23.9 Å². The van der Waals surface area contributed by atoms with E-state index in [-0.39, 0.29) is 25.2 Å². The average Bonchev–Trinajstić information content (AvgIpc) is 3.24. The molecule has 18 atom stereocenters. The van der Waals surface area contributed by atoms with Gasteiger partial charge in [-0.25, -0.2) is 0 Å². The average molecular weight is 962 g/mol. The van der Waals surface area contributed by atoms with Crippen LogP contribution in [-0.4, -0.2) is 167 Å². The molecule has 3 aliphatic heterocycles. The minimum absolute atomic E-state index is 0.0639. The maximum absolute atomic E-state index is 14.6. The van der Waals surface area contributed by atoms with Gasteiger partial charge in [-0.3, -0.25) is 14.5 Å². The first-order valence-corrected chi connectivity index (χ1v) is 25.1. The fraction of sp³-hybridized carbons (Fsp3) is 0.959. The molecule has 3 N–H and O–H groups in total. The third-order valence-corrected chi connectivity index (χ3v) is 14.9. The number of hydrogen-bond donors (Lipinski definition) is 3. The van der Waals surface area contributed by atoms with E-state index in [4.69, 9.17) is 38.0 Å². The highest BCUT2D eigenvalue weighted by Gasteiger charge is 2.54. The number of ether oxygens (including phenoxy) is 7. The maximum Gasteiger partial charge on any atom is 0.311 e. The van der Waals surface area contributed by atoms with Crippen LogP contribution in [0.3, 0.4) is 0 Å². The molecular formula is C49H91N3O15. The summed E-state index contributed by atoms with van der Waals surface area (Å²) in [4.78, 5) is 49.0. The summed E-state index contributed by atoms with van der Waals surface area (Å²) < 4.78 is 44.2. The van der Waals surface area contributed by atoms with Gasteiger partial charge >= 0.3 is 11.9 Å². The van der Waals surface area contributed by atoms with Crippen molar-refractivity contribution < 1.29 is 68.0 Å². The number of cyclic esters (lactones) is 1. The van der Waals surface area contributed by atoms with Gasteiger partial charge in [-0.1, -0.05) is 72.6 Å². The highest BCUT2D eigenvalue weighted by Crippen LogP contribution is 2.41. The zero-order valence-electron chi connectivity index (χ0n) is 43.6. The molecule has 3 aliphatic rings. The molecule has 67 heavy (non-hydrogen) atoms. The van der Waals surface area contributed by atoms with E-state index in [9.17, 15) is 35.0 Å². The second-order valence-electron chi connectivity index (χ2n) is 21.0. The van der Waals surface area contributed by atoms with E-state index in [2.05, 4.69) is 11.8 Å². The van der Waals surface area contributed by atoms with Crippen molar-refractivity contribution in [3.8, 4) is 0 Å². The Kier molecular flexibility index (Phi) is 23.1. The minimum atomic E-state index is -1.86. The molecule has 0 aromatic heterocycles. The second kappa shape index (κ2) is 26.3. The summed E-state index contributed by atoms with van der Waals surface area (Å²) >= 11 is 0. The van der Waals surface area contributed by atoms with Crippen LogP contribution in [0.5, 0.6) is 0 Å². The molecule has 0 radical (unpaired) electrons. The number of carbonyl (C=O) groups is 2. The van der Waals surface area contributed by atoms with Crippen molar-refractivity contribution >= 4 is 11.9 Å². The Balaban J connectivity index is 2.17. The van der Waals surface area contributed by atoms with Gasteiger partial charge in [0.05, 0.1) is 41.5 Å². The highest BCUT2D eigenvalue weighted by molar-refractivity contribution is 5.73. The molecule has 18 heteroatoms. The van der Waals surface area contributed by atoms with Crippen LogP contribution >= 0.6 is 0 Å². The topological polar surface area (TPSA) is 218 Å². The SMILES string of the molecule is CCCCCCCCCCN(C)C1C[C@@H](C)O[C@@H](O[C@@H]2[C@@H](C)[C@H](O[C@H]3C[C@@](C)(OC)[C@@H](O)[C@H](C)O3)[C@@H](C)C(=O)O[C@H](CC)[C@@](C)(O)[C@H](OC(C)=O)[C@@H](C)N(C)C[C@H](C)C[C@@]2(C)O)[C@@H]1O[N+](=O)[O-]. The summed E-state index contributed by atoms with van der Waals surface area (Å²) in [6.07, 6.45) is -0.552. The van der Waals surface area contributed by atoms with Gasteiger partial charge in [-0.15, -0.1) is 10.1 Å². The molecule has 0 bridgehead atoms. The van der Waals surface area contributed by atoms with Crippen LogP contribution < -0.4 is 0 Å². The number of likely N-dealkylation sites (N-methyl/N-ethyl adjacent to an activating group) is 2. The quantitative estimate of drug-likeness (QED) is 0.0568. The summed E-state index contributed by atoms with van der Waals surface area (Å²) in [6, 6.07) is -1.07. The van der Waals surface area contributed by atoms with Gasteiger partial charge in [-0.05, 0) is 101 Å². The van der Waals surface area contributed by atoms with Crippen molar-refractivity contribution in [1.82, 2.24) is 9.80 Å². The summed E-state index contributed by atoms with van der Waals surface area (Å²) in [5, 5.41) is 47.7. The van der Waals surface area contributed by atoms with Crippen molar-refractivity contribution in [1.29, 1.82) is 0 Å². The third-order valence-electron chi connectivity index (χ3n) is 14.9. The fourth-order valence-corrected chi connectivity index (χ4v) is 10.9. The first-order chi connectivity index (χ1) is 31.2. The largest absolute Gasteiger partial charge is 0.459 e. The molecule has 3 heterocycles. The van der Waals surface area contributed by atoms with E-state index in [0.717, 1.165) is 19.3 Å². The molecule has 1 unspecified atom stereocenters. The standard InChI is InChI=1S/C49H91N3O15/c1-16-18-19-20-21-22-23-24-25-50(13)37-26-31(4)61-46(41(37)67-52(58)59)66-43-32(5)40(65-39-28-48(11,60-15)42(54)35(8)62-39)33(6)45(55)64-38(17-2)49(12,57)44(63-36(9)53)34(7)51(14)29-30(3)27-47(43,10)56/h30-35,37-44,46,54,56-57H,16-29H2,1-15H3/t30-,31-,32+,33-,34-,35+,37?,38-,39+,40+,41-,42+,43-,44-,46+,47-,48-,49-/m1/s1. The van der Waals surface area contributed by atoms with Crippen LogP contribution in [0.15, 0.2) is 0 Å². The summed E-state index contributed by atoms with van der Waals surface area (Å²) in [7, 11) is 5.24. The maximum atomic E-state index is 14.6. The van der Waals surface area contributed by atoms with Crippen molar-refractivity contribution in [2.24, 2.45) is 17.8 Å². The zero-order chi connectivity index (χ0) is 50.6. The summed E-state index contributed by atoms with van der Waals surface area (Å²) in [5.74, 6) is -3.66. The van der Waals surface area contributed by atoms with Gasteiger partial charge in [0.2, 0.25) is 0 Å². The van der Waals surface area contributed by atoms with E-state index in [1.54, 1.807) is 41.5 Å².